The topological polar surface area (TPSA) is 412 Å². The number of ether oxygens (including phenoxy) is 2. The van der Waals surface area contributed by atoms with Crippen molar-refractivity contribution in [2.45, 2.75) is 85.7 Å². The number of rotatable bonds is 27. The third-order valence-electron chi connectivity index (χ3n) is 13.9. The number of phenolic OH excluding ortho intramolecular Hbond substituents is 3. The molecule has 3 atom stereocenters. The molecule has 0 aliphatic heterocycles. The highest BCUT2D eigenvalue weighted by molar-refractivity contribution is 7.17. The molecule has 534 valence electrons. The molecule has 3 aromatic carbocycles. The standard InChI is InChI=1S/C24H31N3O6S.C23H23N3O6S2.C22H21N3O6S2/c1-14-9-18(21(30)26-12-15-7-6-8-16(28)10-15)34-20(14)22(31)27-17(23(32)33-5)13-25-19(29)11-24(2,3)4;1-13-9-18(21(29)24-11-14-5-3-6-15(27)10-14)34-19(13)22(30)26-16(23(31)32-2)12-25-20(28)17-7-4-8-33-17;1-12-8-17(20(28)23-10-13-4-2-5-14(26)9-13)33-18(12)21(29)25-15(22(30)31)11-24-19(27)16-6-3-7-32-16/h6-10,17,28H,11-13H2,1-5H3,(H,25,29)(H,26,30)(H,27,31);3-10,16,27H,11-12H2,1-2H3,(H,24,29)(H,25,28)(H,26,30);2-9,15,26H,10-11H2,1H3,(H,23,28)(H,24,27)(H,25,29)(H,30,31)/t17-;16-;15-/m000/s1. The molecule has 32 heteroatoms. The van der Waals surface area contributed by atoms with Crippen LogP contribution < -0.4 is 47.9 Å². The molecule has 0 fully saturated rings. The summed E-state index contributed by atoms with van der Waals surface area (Å²) >= 11 is 5.39. The molecule has 101 heavy (non-hydrogen) atoms. The number of phenols is 3. The SMILES string of the molecule is COC(=O)[C@H](CNC(=O)CC(C)(C)C)NC(=O)c1sc(C(=O)NCc2cccc(O)c2)cc1C.COC(=O)[C@H](CNC(=O)c1cccs1)NC(=O)c1sc(C(=O)NCc2cccc(O)c2)cc1C.Cc1cc(C(=O)NCc2cccc(O)c2)sc1C(=O)N[C@@H](CNC(=O)c1cccs1)C(=O)O. The summed E-state index contributed by atoms with van der Waals surface area (Å²) in [7, 11) is 2.39. The van der Waals surface area contributed by atoms with Gasteiger partial charge in [0.1, 0.15) is 35.4 Å². The predicted molar refractivity (Wildman–Crippen MR) is 381 cm³/mol. The number of carbonyl (C=O) groups is 12. The van der Waals surface area contributed by atoms with E-state index >= 15 is 0 Å². The molecular weight excluding hydrogens is 1400 g/mol. The van der Waals surface area contributed by atoms with E-state index in [1.165, 1.54) is 61.2 Å². The molecule has 8 rings (SSSR count). The van der Waals surface area contributed by atoms with Crippen molar-refractivity contribution >= 4 is 128 Å². The Labute approximate surface area is 600 Å². The van der Waals surface area contributed by atoms with Gasteiger partial charge in [0.05, 0.1) is 53.2 Å². The largest absolute Gasteiger partial charge is 0.508 e. The molecule has 0 saturated carbocycles. The van der Waals surface area contributed by atoms with Crippen molar-refractivity contribution in [2.24, 2.45) is 5.41 Å². The molecule has 0 radical (unpaired) electrons. The van der Waals surface area contributed by atoms with Gasteiger partial charge in [0.2, 0.25) is 5.91 Å². The fourth-order valence-electron chi connectivity index (χ4n) is 8.95. The molecule has 5 aromatic heterocycles. The van der Waals surface area contributed by atoms with E-state index in [2.05, 4.69) is 47.9 Å². The first-order valence-electron chi connectivity index (χ1n) is 30.6. The summed E-state index contributed by atoms with van der Waals surface area (Å²) in [4.78, 5) is 151. The number of carboxylic acid groups (broad SMARTS) is 1. The Balaban J connectivity index is 0.000000238. The number of esters is 2. The highest BCUT2D eigenvalue weighted by Crippen LogP contribution is 2.26. The zero-order valence-electron chi connectivity index (χ0n) is 55.9. The van der Waals surface area contributed by atoms with Crippen LogP contribution in [0.1, 0.15) is 138 Å². The average Bonchev–Trinajstić information content (AvgIpc) is 1.71. The summed E-state index contributed by atoms with van der Waals surface area (Å²) in [5.74, 6) is -6.33. The van der Waals surface area contributed by atoms with E-state index in [0.717, 1.165) is 45.1 Å². The number of hydrogen-bond donors (Lipinski definition) is 13. The monoisotopic (exact) mass is 1480 g/mol. The van der Waals surface area contributed by atoms with E-state index in [1.54, 1.807) is 123 Å². The molecule has 9 amide bonds. The van der Waals surface area contributed by atoms with Gasteiger partial charge in [-0.3, -0.25) is 43.2 Å². The van der Waals surface area contributed by atoms with Crippen LogP contribution in [-0.2, 0) is 48.3 Å². The number of nitrogens with one attached hydrogen (secondary N) is 9. The lowest BCUT2D eigenvalue weighted by Gasteiger charge is -2.20. The molecular formula is C69H75N9O18S5. The van der Waals surface area contributed by atoms with Crippen LogP contribution in [0.2, 0.25) is 0 Å². The molecule has 5 heterocycles. The first-order valence-corrected chi connectivity index (χ1v) is 34.8. The maximum absolute atomic E-state index is 12.8. The number of methoxy groups -OCH3 is 2. The highest BCUT2D eigenvalue weighted by Gasteiger charge is 2.30. The van der Waals surface area contributed by atoms with Gasteiger partial charge >= 0.3 is 17.9 Å². The third kappa shape index (κ3) is 25.2. The third-order valence-corrected chi connectivity index (χ3v) is 19.4. The van der Waals surface area contributed by atoms with Gasteiger partial charge in [-0.05, 0) is 137 Å². The highest BCUT2D eigenvalue weighted by atomic mass is 32.1. The summed E-state index contributed by atoms with van der Waals surface area (Å²) in [6.07, 6.45) is 0.264. The Morgan fingerprint density at radius 1 is 0.406 bits per heavy atom. The lowest BCUT2D eigenvalue weighted by molar-refractivity contribution is -0.143. The molecule has 13 N–H and O–H groups in total. The Bertz CT molecular complexity index is 4270. The van der Waals surface area contributed by atoms with Crippen LogP contribution in [0.15, 0.2) is 126 Å². The second kappa shape index (κ2) is 38.0. The van der Waals surface area contributed by atoms with Crippen molar-refractivity contribution < 1.29 is 87.4 Å². The van der Waals surface area contributed by atoms with Crippen molar-refractivity contribution in [1.82, 2.24) is 47.9 Å². The number of carboxylic acids is 1. The first-order chi connectivity index (χ1) is 47.9. The van der Waals surface area contributed by atoms with Crippen molar-refractivity contribution in [3.63, 3.8) is 0 Å². The van der Waals surface area contributed by atoms with Crippen LogP contribution in [0.25, 0.3) is 0 Å². The van der Waals surface area contributed by atoms with Gasteiger partial charge in [0.15, 0.2) is 0 Å². The van der Waals surface area contributed by atoms with Gasteiger partial charge < -0.3 is 77.8 Å². The second-order valence-corrected chi connectivity index (χ2v) is 28.4. The van der Waals surface area contributed by atoms with Gasteiger partial charge in [-0.15, -0.1) is 56.7 Å². The smallest absolute Gasteiger partial charge is 0.330 e. The molecule has 27 nitrogen and oxygen atoms in total. The quantitative estimate of drug-likeness (QED) is 0.0224. The zero-order valence-corrected chi connectivity index (χ0v) is 59.9. The van der Waals surface area contributed by atoms with Crippen LogP contribution in [0, 0.1) is 26.2 Å². The normalized spacial score (nSPS) is 11.6. The minimum absolute atomic E-state index is 0.0900. The maximum atomic E-state index is 12.8. The van der Waals surface area contributed by atoms with Crippen molar-refractivity contribution in [3.8, 4) is 17.2 Å². The number of aromatic hydroxyl groups is 3. The van der Waals surface area contributed by atoms with Crippen molar-refractivity contribution in [3.05, 3.63) is 198 Å². The minimum atomic E-state index is -1.34. The number of amides is 9. The lowest BCUT2D eigenvalue weighted by atomic mass is 9.92. The van der Waals surface area contributed by atoms with E-state index < -0.39 is 65.6 Å². The zero-order chi connectivity index (χ0) is 74.1. The Hall–Kier alpha value is -10.8. The summed E-state index contributed by atoms with van der Waals surface area (Å²) < 4.78 is 9.50. The fraction of sp³-hybridized carbons (Fsp3) is 0.275. The number of thiophene rings is 5. The van der Waals surface area contributed by atoms with Crippen molar-refractivity contribution in [2.75, 3.05) is 33.9 Å². The first kappa shape index (κ1) is 79.2. The summed E-state index contributed by atoms with van der Waals surface area (Å²) in [5.41, 5.74) is 3.61. The van der Waals surface area contributed by atoms with Crippen LogP contribution in [0.4, 0.5) is 0 Å². The van der Waals surface area contributed by atoms with Gasteiger partial charge in [0, 0.05) is 45.7 Å². The van der Waals surface area contributed by atoms with Gasteiger partial charge in [-0.25, -0.2) is 14.4 Å². The van der Waals surface area contributed by atoms with Crippen LogP contribution in [0.3, 0.4) is 0 Å². The van der Waals surface area contributed by atoms with Crippen LogP contribution >= 0.6 is 56.7 Å². The molecule has 0 unspecified atom stereocenters. The summed E-state index contributed by atoms with van der Waals surface area (Å²) in [5, 5.41) is 65.0. The van der Waals surface area contributed by atoms with E-state index in [1.807, 2.05) is 20.8 Å². The van der Waals surface area contributed by atoms with E-state index in [4.69, 9.17) is 9.47 Å². The molecule has 0 aliphatic rings. The van der Waals surface area contributed by atoms with E-state index in [9.17, 15) is 78.0 Å². The van der Waals surface area contributed by atoms with Crippen LogP contribution in [-0.4, -0.2) is 143 Å². The Kier molecular flexibility index (Phi) is 29.8. The van der Waals surface area contributed by atoms with Gasteiger partial charge in [-0.1, -0.05) is 69.3 Å². The number of hydrogen-bond acceptors (Lipinski definition) is 22. The fourth-order valence-corrected chi connectivity index (χ4v) is 13.2. The number of aliphatic carboxylic acids is 1. The molecule has 0 bridgehead atoms. The average molecular weight is 1480 g/mol. The van der Waals surface area contributed by atoms with Crippen LogP contribution in [0.5, 0.6) is 17.2 Å². The Morgan fingerprint density at radius 3 is 1.02 bits per heavy atom. The number of carbonyl (C=O) groups excluding carboxylic acids is 11. The number of aryl methyl sites for hydroxylation is 3. The summed E-state index contributed by atoms with van der Waals surface area (Å²) in [6, 6.07) is 27.4. The van der Waals surface area contributed by atoms with E-state index in [-0.39, 0.29) is 111 Å². The minimum Gasteiger partial charge on any atom is -0.508 e. The molecule has 0 saturated heterocycles. The lowest BCUT2D eigenvalue weighted by Crippen LogP contribution is -2.49. The maximum Gasteiger partial charge on any atom is 0.330 e. The predicted octanol–water partition coefficient (Wildman–Crippen LogP) is 7.34. The summed E-state index contributed by atoms with van der Waals surface area (Å²) in [6.45, 7) is 10.8. The molecule has 0 aliphatic carbocycles. The molecule has 8 aromatic rings. The van der Waals surface area contributed by atoms with Gasteiger partial charge in [-0.2, -0.15) is 0 Å². The Morgan fingerprint density at radius 2 is 0.723 bits per heavy atom. The van der Waals surface area contributed by atoms with Gasteiger partial charge in [0.25, 0.3) is 47.3 Å². The number of benzene rings is 3. The molecule has 0 spiro atoms. The van der Waals surface area contributed by atoms with Crippen molar-refractivity contribution in [1.29, 1.82) is 0 Å². The second-order valence-electron chi connectivity index (χ2n) is 23.3. The van der Waals surface area contributed by atoms with E-state index in [0.29, 0.717) is 41.8 Å².